The number of amides is 2. The van der Waals surface area contributed by atoms with Crippen LogP contribution in [-0.4, -0.2) is 33.9 Å². The van der Waals surface area contributed by atoms with Crippen molar-refractivity contribution in [2.24, 2.45) is 7.05 Å². The van der Waals surface area contributed by atoms with Crippen LogP contribution < -0.4 is 10.2 Å². The summed E-state index contributed by atoms with van der Waals surface area (Å²) >= 11 is 1.45. The van der Waals surface area contributed by atoms with E-state index in [9.17, 15) is 18.4 Å². The van der Waals surface area contributed by atoms with Gasteiger partial charge in [-0.05, 0) is 35.4 Å². The number of fused-ring (bicyclic) bond motifs is 1. The summed E-state index contributed by atoms with van der Waals surface area (Å²) in [4.78, 5) is 27.6. The van der Waals surface area contributed by atoms with Crippen LogP contribution in [-0.2, 0) is 28.6 Å². The lowest BCUT2D eigenvalue weighted by molar-refractivity contribution is -0.123. The van der Waals surface area contributed by atoms with Gasteiger partial charge in [0.1, 0.15) is 24.0 Å². The van der Waals surface area contributed by atoms with E-state index in [-0.39, 0.29) is 53.0 Å². The molecule has 1 aliphatic rings. The zero-order chi connectivity index (χ0) is 25.3. The molecule has 1 atom stereocenters. The molecule has 1 N–H and O–H groups in total. The van der Waals surface area contributed by atoms with Gasteiger partial charge in [0.15, 0.2) is 0 Å². The molecule has 2 aromatic carbocycles. The van der Waals surface area contributed by atoms with Crippen molar-refractivity contribution in [3.05, 3.63) is 82.5 Å². The molecule has 0 saturated heterocycles. The predicted octanol–water partition coefficient (Wildman–Crippen LogP) is 4.48. The smallest absolute Gasteiger partial charge is 0.240 e. The Morgan fingerprint density at radius 2 is 1.69 bits per heavy atom. The first-order valence-electron chi connectivity index (χ1n) is 11.3. The second-order valence-electron chi connectivity index (χ2n) is 9.59. The maximum atomic E-state index is 13.6. The van der Waals surface area contributed by atoms with Crippen molar-refractivity contribution in [3.63, 3.8) is 0 Å². The van der Waals surface area contributed by atoms with Crippen LogP contribution in [0, 0.1) is 11.6 Å². The number of hydrogen-bond donors (Lipinski definition) is 1. The Kier molecular flexibility index (Phi) is 6.98. The third-order valence-electron chi connectivity index (χ3n) is 5.83. The van der Waals surface area contributed by atoms with Crippen molar-refractivity contribution in [2.75, 3.05) is 17.2 Å². The highest BCUT2D eigenvalue weighted by Gasteiger charge is 2.38. The first-order chi connectivity index (χ1) is 16.5. The molecule has 0 spiro atoms. The van der Waals surface area contributed by atoms with E-state index in [4.69, 9.17) is 5.10 Å². The number of aromatic nitrogens is 2. The van der Waals surface area contributed by atoms with Crippen molar-refractivity contribution >= 4 is 29.4 Å². The van der Waals surface area contributed by atoms with Crippen molar-refractivity contribution in [3.8, 4) is 0 Å². The minimum absolute atomic E-state index is 0.158. The molecule has 4 rings (SSSR count). The molecule has 3 aromatic rings. The third kappa shape index (κ3) is 5.40. The third-order valence-corrected chi connectivity index (χ3v) is 7.09. The van der Waals surface area contributed by atoms with Gasteiger partial charge in [-0.2, -0.15) is 5.10 Å². The highest BCUT2D eigenvalue weighted by atomic mass is 32.2. The van der Waals surface area contributed by atoms with E-state index in [1.54, 1.807) is 36.0 Å². The zero-order valence-corrected chi connectivity index (χ0v) is 21.0. The summed E-state index contributed by atoms with van der Waals surface area (Å²) in [5, 5.41) is 7.32. The van der Waals surface area contributed by atoms with Gasteiger partial charge in [0.05, 0.1) is 16.7 Å². The molecule has 0 saturated carbocycles. The van der Waals surface area contributed by atoms with Crippen LogP contribution in [0.3, 0.4) is 0 Å². The molecule has 0 fully saturated rings. The molecule has 2 heterocycles. The molecule has 6 nitrogen and oxygen atoms in total. The van der Waals surface area contributed by atoms with Gasteiger partial charge in [-0.1, -0.05) is 45.0 Å². The van der Waals surface area contributed by atoms with E-state index in [1.807, 2.05) is 0 Å². The number of nitrogens with one attached hydrogen (secondary N) is 1. The van der Waals surface area contributed by atoms with Crippen LogP contribution >= 0.6 is 11.8 Å². The van der Waals surface area contributed by atoms with Gasteiger partial charge >= 0.3 is 0 Å². The summed E-state index contributed by atoms with van der Waals surface area (Å²) in [6, 6.07) is 12.2. The summed E-state index contributed by atoms with van der Waals surface area (Å²) < 4.78 is 28.4. The second-order valence-corrected chi connectivity index (χ2v) is 10.7. The minimum atomic E-state index is -0.346. The highest BCUT2D eigenvalue weighted by molar-refractivity contribution is 8.00. The van der Waals surface area contributed by atoms with Crippen LogP contribution in [0.4, 0.5) is 14.6 Å². The number of nitrogens with zero attached hydrogens (tertiary/aromatic N) is 3. The van der Waals surface area contributed by atoms with E-state index in [1.165, 1.54) is 40.9 Å². The Balaban J connectivity index is 1.68. The monoisotopic (exact) mass is 498 g/mol. The first-order valence-corrected chi connectivity index (χ1v) is 12.4. The fourth-order valence-electron chi connectivity index (χ4n) is 4.15. The van der Waals surface area contributed by atoms with Crippen molar-refractivity contribution in [1.29, 1.82) is 0 Å². The van der Waals surface area contributed by atoms with E-state index in [0.29, 0.717) is 5.82 Å². The zero-order valence-electron chi connectivity index (χ0n) is 20.1. The molecular formula is C26H28F2N4O2S. The fraction of sp³-hybridized carbons (Fsp3) is 0.346. The molecule has 1 aliphatic heterocycles. The number of anilines is 1. The summed E-state index contributed by atoms with van der Waals surface area (Å²) in [6.45, 7) is 6.20. The SMILES string of the molecule is Cn1nc(C(C)(C)C)c2c1N(CC(=O)NCc1ccc(F)cc1)C(=O)CSC2c1ccc(F)cc1. The van der Waals surface area contributed by atoms with Gasteiger partial charge in [-0.25, -0.2) is 8.78 Å². The first kappa shape index (κ1) is 24.9. The number of halogens is 2. The summed E-state index contributed by atoms with van der Waals surface area (Å²) in [7, 11) is 1.77. The van der Waals surface area contributed by atoms with E-state index in [0.717, 1.165) is 22.4 Å². The molecule has 0 aliphatic carbocycles. The average Bonchev–Trinajstić information content (AvgIpc) is 3.08. The number of rotatable bonds is 5. The largest absolute Gasteiger partial charge is 0.350 e. The van der Waals surface area contributed by atoms with Crippen LogP contribution in [0.1, 0.15) is 48.4 Å². The van der Waals surface area contributed by atoms with Gasteiger partial charge in [0, 0.05) is 24.6 Å². The number of benzene rings is 2. The highest BCUT2D eigenvalue weighted by Crippen LogP contribution is 2.47. The molecule has 9 heteroatoms. The van der Waals surface area contributed by atoms with Gasteiger partial charge in [-0.3, -0.25) is 19.2 Å². The summed E-state index contributed by atoms with van der Waals surface area (Å²) in [5.74, 6) is -0.493. The average molecular weight is 499 g/mol. The lowest BCUT2D eigenvalue weighted by Crippen LogP contribution is -2.42. The summed E-state index contributed by atoms with van der Waals surface area (Å²) in [6.07, 6.45) is 0. The van der Waals surface area contributed by atoms with Crippen LogP contribution in [0.15, 0.2) is 48.5 Å². The van der Waals surface area contributed by atoms with Crippen molar-refractivity contribution in [2.45, 2.75) is 38.0 Å². The van der Waals surface area contributed by atoms with E-state index in [2.05, 4.69) is 26.1 Å². The quantitative estimate of drug-likeness (QED) is 0.563. The normalized spacial score (nSPS) is 16.1. The van der Waals surface area contributed by atoms with Gasteiger partial charge in [0.2, 0.25) is 11.8 Å². The van der Waals surface area contributed by atoms with Gasteiger partial charge in [0.25, 0.3) is 0 Å². The van der Waals surface area contributed by atoms with Crippen molar-refractivity contribution in [1.82, 2.24) is 15.1 Å². The Morgan fingerprint density at radius 3 is 2.29 bits per heavy atom. The van der Waals surface area contributed by atoms with Crippen LogP contribution in [0.25, 0.3) is 0 Å². The molecule has 1 unspecified atom stereocenters. The van der Waals surface area contributed by atoms with E-state index < -0.39 is 0 Å². The number of carbonyl (C=O) groups is 2. The van der Waals surface area contributed by atoms with E-state index >= 15 is 0 Å². The van der Waals surface area contributed by atoms with Crippen molar-refractivity contribution < 1.29 is 18.4 Å². The number of aryl methyl sites for hydroxylation is 1. The molecular weight excluding hydrogens is 470 g/mol. The number of hydrogen-bond acceptors (Lipinski definition) is 4. The topological polar surface area (TPSA) is 67.2 Å². The lowest BCUT2D eigenvalue weighted by Gasteiger charge is -2.24. The Hall–Kier alpha value is -3.20. The van der Waals surface area contributed by atoms with Crippen LogP contribution in [0.5, 0.6) is 0 Å². The Labute approximate surface area is 207 Å². The van der Waals surface area contributed by atoms with Crippen LogP contribution in [0.2, 0.25) is 0 Å². The molecule has 1 aromatic heterocycles. The lowest BCUT2D eigenvalue weighted by atomic mass is 9.87. The Morgan fingerprint density at radius 1 is 1.09 bits per heavy atom. The van der Waals surface area contributed by atoms with Gasteiger partial charge < -0.3 is 5.32 Å². The fourth-order valence-corrected chi connectivity index (χ4v) is 5.35. The maximum Gasteiger partial charge on any atom is 0.240 e. The predicted molar refractivity (Wildman–Crippen MR) is 133 cm³/mol. The maximum absolute atomic E-state index is 13.6. The molecule has 35 heavy (non-hydrogen) atoms. The molecule has 0 radical (unpaired) electrons. The minimum Gasteiger partial charge on any atom is -0.350 e. The number of thioether (sulfide) groups is 1. The van der Waals surface area contributed by atoms with Gasteiger partial charge in [-0.15, -0.1) is 11.8 Å². The standard InChI is InChI=1S/C26H28F2N4O2S/c1-26(2,3)24-22-23(17-7-11-19(28)12-8-17)35-15-21(34)32(25(22)31(4)30-24)14-20(33)29-13-16-5-9-18(27)10-6-16/h5-12,23H,13-15H2,1-4H3,(H,29,33). The summed E-state index contributed by atoms with van der Waals surface area (Å²) in [5.41, 5.74) is 2.97. The Bertz CT molecular complexity index is 1230. The number of carbonyl (C=O) groups excluding carboxylic acids is 2. The molecule has 184 valence electrons. The second kappa shape index (κ2) is 9.81. The molecule has 0 bridgehead atoms. The molecule has 2 amide bonds.